The van der Waals surface area contributed by atoms with Gasteiger partial charge in [0.05, 0.1) is 5.56 Å². The fraction of sp³-hybridized carbons (Fsp3) is 0.133. The predicted molar refractivity (Wildman–Crippen MR) is 73.2 cm³/mol. The highest BCUT2D eigenvalue weighted by Crippen LogP contribution is 2.24. The van der Waals surface area contributed by atoms with Crippen LogP contribution in [0.1, 0.15) is 12.0 Å². The van der Waals surface area contributed by atoms with Crippen LogP contribution in [0, 0.1) is 0 Å². The summed E-state index contributed by atoms with van der Waals surface area (Å²) in [5, 5.41) is 8.70. The molecular formula is C15H12N2O3. The maximum atomic E-state index is 10.6. The molecule has 20 heavy (non-hydrogen) atoms. The number of oxazole rings is 1. The van der Waals surface area contributed by atoms with Gasteiger partial charge < -0.3 is 9.52 Å². The van der Waals surface area contributed by atoms with Crippen LogP contribution in [0.3, 0.4) is 0 Å². The molecule has 0 aliphatic rings. The zero-order chi connectivity index (χ0) is 13.9. The lowest BCUT2D eigenvalue weighted by molar-refractivity contribution is -0.136. The van der Waals surface area contributed by atoms with Crippen LogP contribution in [0.2, 0.25) is 0 Å². The van der Waals surface area contributed by atoms with E-state index in [2.05, 4.69) is 9.97 Å². The fourth-order valence-corrected chi connectivity index (χ4v) is 1.99. The number of benzene rings is 1. The monoisotopic (exact) mass is 268 g/mol. The molecule has 0 atom stereocenters. The molecule has 2 heterocycles. The normalized spacial score (nSPS) is 10.8. The van der Waals surface area contributed by atoms with Crippen LogP contribution in [0.15, 0.2) is 47.1 Å². The van der Waals surface area contributed by atoms with Crippen molar-refractivity contribution < 1.29 is 14.3 Å². The summed E-state index contributed by atoms with van der Waals surface area (Å²) in [6.45, 7) is 0. The third kappa shape index (κ3) is 2.51. The maximum absolute atomic E-state index is 10.6. The highest BCUT2D eigenvalue weighted by atomic mass is 16.4. The summed E-state index contributed by atoms with van der Waals surface area (Å²) >= 11 is 0. The number of aromatic nitrogens is 2. The summed E-state index contributed by atoms with van der Waals surface area (Å²) in [4.78, 5) is 19.0. The molecule has 0 aliphatic heterocycles. The summed E-state index contributed by atoms with van der Waals surface area (Å²) in [5.41, 5.74) is 3.16. The number of rotatable bonds is 4. The Labute approximate surface area is 114 Å². The van der Waals surface area contributed by atoms with Crippen molar-refractivity contribution in [2.24, 2.45) is 0 Å². The molecule has 1 aromatic carbocycles. The molecule has 0 aliphatic carbocycles. The van der Waals surface area contributed by atoms with Crippen molar-refractivity contribution in [2.45, 2.75) is 12.8 Å². The minimum Gasteiger partial charge on any atom is -0.481 e. The Morgan fingerprint density at radius 1 is 1.30 bits per heavy atom. The highest BCUT2D eigenvalue weighted by molar-refractivity contribution is 5.77. The lowest BCUT2D eigenvalue weighted by Crippen LogP contribution is -1.97. The predicted octanol–water partition coefficient (Wildman–Crippen LogP) is 2.91. The van der Waals surface area contributed by atoms with Crippen LogP contribution in [0.5, 0.6) is 0 Å². The van der Waals surface area contributed by atoms with Crippen molar-refractivity contribution in [1.82, 2.24) is 9.97 Å². The first-order valence-electron chi connectivity index (χ1n) is 6.24. The molecule has 0 fully saturated rings. The molecule has 0 saturated carbocycles. The van der Waals surface area contributed by atoms with Gasteiger partial charge in [-0.25, -0.2) is 4.98 Å². The third-order valence-corrected chi connectivity index (χ3v) is 2.99. The molecular weight excluding hydrogens is 256 g/mol. The zero-order valence-corrected chi connectivity index (χ0v) is 10.6. The van der Waals surface area contributed by atoms with Crippen LogP contribution < -0.4 is 0 Å². The standard InChI is InChI=1S/C15H12N2O3/c18-14(19)6-4-10-3-5-13-12(8-10)17-15(20-13)11-2-1-7-16-9-11/h1-3,5,7-9H,4,6H2,(H,18,19). The van der Waals surface area contributed by atoms with E-state index in [1.807, 2.05) is 30.3 Å². The maximum Gasteiger partial charge on any atom is 0.303 e. The SMILES string of the molecule is O=C(O)CCc1ccc2oc(-c3cccnc3)nc2c1. The van der Waals surface area contributed by atoms with Gasteiger partial charge in [-0.15, -0.1) is 0 Å². The number of pyridine rings is 1. The van der Waals surface area contributed by atoms with E-state index in [-0.39, 0.29) is 6.42 Å². The van der Waals surface area contributed by atoms with Gasteiger partial charge in [0.1, 0.15) is 5.52 Å². The first-order valence-corrected chi connectivity index (χ1v) is 6.24. The molecule has 5 nitrogen and oxygen atoms in total. The molecule has 3 rings (SSSR count). The Bertz CT molecular complexity index is 750. The van der Waals surface area contributed by atoms with Gasteiger partial charge in [0, 0.05) is 18.8 Å². The van der Waals surface area contributed by atoms with E-state index in [9.17, 15) is 4.79 Å². The molecule has 0 radical (unpaired) electrons. The van der Waals surface area contributed by atoms with Crippen molar-refractivity contribution in [3.8, 4) is 11.5 Å². The van der Waals surface area contributed by atoms with E-state index in [1.165, 1.54) is 0 Å². The summed E-state index contributed by atoms with van der Waals surface area (Å²) < 4.78 is 5.67. The van der Waals surface area contributed by atoms with Gasteiger partial charge in [0.25, 0.3) is 0 Å². The molecule has 0 unspecified atom stereocenters. The average molecular weight is 268 g/mol. The van der Waals surface area contributed by atoms with Gasteiger partial charge in [-0.1, -0.05) is 6.07 Å². The highest BCUT2D eigenvalue weighted by Gasteiger charge is 2.09. The van der Waals surface area contributed by atoms with Gasteiger partial charge in [0.2, 0.25) is 5.89 Å². The Hall–Kier alpha value is -2.69. The minimum absolute atomic E-state index is 0.110. The van der Waals surface area contributed by atoms with E-state index < -0.39 is 5.97 Å². The number of fused-ring (bicyclic) bond motifs is 1. The number of nitrogens with zero attached hydrogens (tertiary/aromatic N) is 2. The van der Waals surface area contributed by atoms with Crippen LogP contribution >= 0.6 is 0 Å². The Morgan fingerprint density at radius 2 is 2.20 bits per heavy atom. The second kappa shape index (κ2) is 5.13. The van der Waals surface area contributed by atoms with Crippen molar-refractivity contribution in [3.63, 3.8) is 0 Å². The number of hydrogen-bond donors (Lipinski definition) is 1. The zero-order valence-electron chi connectivity index (χ0n) is 10.6. The van der Waals surface area contributed by atoms with Crippen LogP contribution in [-0.4, -0.2) is 21.0 Å². The molecule has 0 bridgehead atoms. The molecule has 2 aromatic heterocycles. The van der Waals surface area contributed by atoms with Gasteiger partial charge in [-0.3, -0.25) is 9.78 Å². The first kappa shape index (κ1) is 12.3. The second-order valence-electron chi connectivity index (χ2n) is 4.46. The van der Waals surface area contributed by atoms with E-state index in [1.54, 1.807) is 12.4 Å². The number of carboxylic acid groups (broad SMARTS) is 1. The number of hydrogen-bond acceptors (Lipinski definition) is 4. The average Bonchev–Trinajstić information content (AvgIpc) is 2.89. The molecule has 3 aromatic rings. The first-order chi connectivity index (χ1) is 9.72. The Kier molecular flexibility index (Phi) is 3.16. The smallest absolute Gasteiger partial charge is 0.303 e. The van der Waals surface area contributed by atoms with Gasteiger partial charge in [-0.05, 0) is 36.2 Å². The van der Waals surface area contributed by atoms with Crippen LogP contribution in [0.25, 0.3) is 22.6 Å². The largest absolute Gasteiger partial charge is 0.481 e. The lowest BCUT2D eigenvalue weighted by Gasteiger charge is -1.96. The van der Waals surface area contributed by atoms with Gasteiger partial charge >= 0.3 is 5.97 Å². The van der Waals surface area contributed by atoms with E-state index in [0.29, 0.717) is 17.9 Å². The fourth-order valence-electron chi connectivity index (χ4n) is 1.99. The molecule has 0 spiro atoms. The molecule has 0 saturated heterocycles. The van der Waals surface area contributed by atoms with E-state index >= 15 is 0 Å². The minimum atomic E-state index is -0.804. The van der Waals surface area contributed by atoms with Crippen molar-refractivity contribution in [2.75, 3.05) is 0 Å². The molecule has 100 valence electrons. The van der Waals surface area contributed by atoms with Crippen LogP contribution in [0.4, 0.5) is 0 Å². The van der Waals surface area contributed by atoms with Crippen molar-refractivity contribution >= 4 is 17.1 Å². The second-order valence-corrected chi connectivity index (χ2v) is 4.46. The topological polar surface area (TPSA) is 76.2 Å². The third-order valence-electron chi connectivity index (χ3n) is 2.99. The summed E-state index contributed by atoms with van der Waals surface area (Å²) in [7, 11) is 0. The lowest BCUT2D eigenvalue weighted by atomic mass is 10.1. The molecule has 5 heteroatoms. The van der Waals surface area contributed by atoms with Crippen LogP contribution in [-0.2, 0) is 11.2 Å². The Morgan fingerprint density at radius 3 is 2.95 bits per heavy atom. The van der Waals surface area contributed by atoms with E-state index in [4.69, 9.17) is 9.52 Å². The van der Waals surface area contributed by atoms with Gasteiger partial charge in [-0.2, -0.15) is 0 Å². The quantitative estimate of drug-likeness (QED) is 0.787. The number of aliphatic carboxylic acids is 1. The Balaban J connectivity index is 1.93. The summed E-state index contributed by atoms with van der Waals surface area (Å²) in [5.74, 6) is -0.287. The van der Waals surface area contributed by atoms with Gasteiger partial charge in [0.15, 0.2) is 5.58 Å². The number of carboxylic acids is 1. The summed E-state index contributed by atoms with van der Waals surface area (Å²) in [6.07, 6.45) is 3.98. The molecule has 1 N–H and O–H groups in total. The van der Waals surface area contributed by atoms with Crippen molar-refractivity contribution in [3.05, 3.63) is 48.3 Å². The number of aryl methyl sites for hydroxylation is 1. The molecule has 0 amide bonds. The van der Waals surface area contributed by atoms with Crippen molar-refractivity contribution in [1.29, 1.82) is 0 Å². The number of carbonyl (C=O) groups is 1. The summed E-state index contributed by atoms with van der Waals surface area (Å²) in [6, 6.07) is 9.25. The van der Waals surface area contributed by atoms with E-state index in [0.717, 1.165) is 16.6 Å².